The molecule has 1 aliphatic heterocycles. The number of imide groups is 1. The second-order valence-corrected chi connectivity index (χ2v) is 7.87. The average molecular weight is 489 g/mol. The number of ether oxygens (including phenoxy) is 3. The van der Waals surface area contributed by atoms with Crippen molar-refractivity contribution in [2.24, 2.45) is 0 Å². The zero-order valence-electron chi connectivity index (χ0n) is 16.0. The molecule has 1 fully saturated rings. The quantitative estimate of drug-likeness (QED) is 0.506. The summed E-state index contributed by atoms with van der Waals surface area (Å²) in [5.74, 6) is 1.16. The van der Waals surface area contributed by atoms with E-state index >= 15 is 0 Å². The number of halogens is 1. The fourth-order valence-corrected chi connectivity index (χ4v) is 3.93. The molecule has 2 aromatic carbocycles. The van der Waals surface area contributed by atoms with Gasteiger partial charge in [-0.15, -0.1) is 0 Å². The predicted octanol–water partition coefficient (Wildman–Crippen LogP) is 4.48. The number of amides is 2. The minimum absolute atomic E-state index is 0.107. The number of thioether (sulfide) groups is 1. The first-order valence-corrected chi connectivity index (χ1v) is 10.4. The van der Waals surface area contributed by atoms with E-state index < -0.39 is 5.91 Å². The second kappa shape index (κ2) is 10.2. The number of nitriles is 1. The maximum atomic E-state index is 12.7. The summed E-state index contributed by atoms with van der Waals surface area (Å²) in [6.45, 7) is 0.125. The minimum Gasteiger partial charge on any atom is -0.493 e. The fraction of sp³-hybridized carbons (Fsp3) is 0.190. The van der Waals surface area contributed by atoms with E-state index in [1.54, 1.807) is 43.5 Å². The third-order valence-electron chi connectivity index (χ3n) is 4.07. The molecule has 0 atom stereocenters. The number of carbonyl (C=O) groups is 2. The molecule has 30 heavy (non-hydrogen) atoms. The highest BCUT2D eigenvalue weighted by Crippen LogP contribution is 2.35. The molecule has 0 spiro atoms. The van der Waals surface area contributed by atoms with Crippen LogP contribution in [0.5, 0.6) is 17.2 Å². The maximum absolute atomic E-state index is 12.7. The highest BCUT2D eigenvalue weighted by Gasteiger charge is 2.35. The van der Waals surface area contributed by atoms with Gasteiger partial charge in [0.05, 0.1) is 18.6 Å². The second-order valence-electron chi connectivity index (χ2n) is 5.96. The number of hydrogen-bond acceptors (Lipinski definition) is 7. The van der Waals surface area contributed by atoms with Crippen LogP contribution in [0.4, 0.5) is 4.79 Å². The molecular formula is C21H17BrN2O5S. The fourth-order valence-electron chi connectivity index (χ4n) is 2.69. The lowest BCUT2D eigenvalue weighted by molar-refractivity contribution is -0.123. The molecule has 0 saturated carbocycles. The Hall–Kier alpha value is -2.96. The Balaban J connectivity index is 1.70. The predicted molar refractivity (Wildman–Crippen MR) is 116 cm³/mol. The maximum Gasteiger partial charge on any atom is 0.293 e. The van der Waals surface area contributed by atoms with Gasteiger partial charge < -0.3 is 14.2 Å². The molecule has 0 unspecified atom stereocenters. The molecule has 0 radical (unpaired) electrons. The Morgan fingerprint density at radius 3 is 2.63 bits per heavy atom. The number of hydrogen-bond donors (Lipinski definition) is 0. The van der Waals surface area contributed by atoms with Crippen molar-refractivity contribution in [3.63, 3.8) is 0 Å². The summed E-state index contributed by atoms with van der Waals surface area (Å²) in [5.41, 5.74) is 0.593. The zero-order chi connectivity index (χ0) is 21.5. The molecule has 3 rings (SSSR count). The Labute approximate surface area is 186 Å². The number of carbonyl (C=O) groups excluding carboxylic acids is 2. The van der Waals surface area contributed by atoms with Crippen LogP contribution in [0.25, 0.3) is 6.08 Å². The van der Waals surface area contributed by atoms with Crippen molar-refractivity contribution >= 4 is 44.9 Å². The van der Waals surface area contributed by atoms with Crippen molar-refractivity contribution in [1.29, 1.82) is 5.26 Å². The van der Waals surface area contributed by atoms with Crippen LogP contribution >= 0.6 is 27.7 Å². The van der Waals surface area contributed by atoms with E-state index in [-0.39, 0.29) is 29.9 Å². The van der Waals surface area contributed by atoms with E-state index in [4.69, 9.17) is 19.5 Å². The van der Waals surface area contributed by atoms with Gasteiger partial charge in [0, 0.05) is 10.0 Å². The lowest BCUT2D eigenvalue weighted by Gasteiger charge is -2.14. The van der Waals surface area contributed by atoms with E-state index in [2.05, 4.69) is 15.9 Å². The van der Waals surface area contributed by atoms with Gasteiger partial charge in [-0.05, 0) is 48.2 Å². The number of para-hydroxylation sites is 2. The molecule has 0 bridgehead atoms. The molecule has 1 saturated heterocycles. The summed E-state index contributed by atoms with van der Waals surface area (Å²) in [6.07, 6.45) is 1.59. The number of rotatable bonds is 8. The van der Waals surface area contributed by atoms with Gasteiger partial charge in [0.1, 0.15) is 18.4 Å². The van der Waals surface area contributed by atoms with E-state index in [0.717, 1.165) is 21.1 Å². The van der Waals surface area contributed by atoms with Gasteiger partial charge in [-0.2, -0.15) is 5.26 Å². The Kier molecular flexibility index (Phi) is 7.38. The highest BCUT2D eigenvalue weighted by atomic mass is 79.9. The molecule has 7 nitrogen and oxygen atoms in total. The van der Waals surface area contributed by atoms with Gasteiger partial charge in [0.2, 0.25) is 0 Å². The van der Waals surface area contributed by atoms with Crippen LogP contribution in [0, 0.1) is 11.3 Å². The third kappa shape index (κ3) is 5.14. The van der Waals surface area contributed by atoms with Crippen molar-refractivity contribution in [2.75, 3.05) is 26.9 Å². The molecule has 2 amide bonds. The van der Waals surface area contributed by atoms with Crippen molar-refractivity contribution in [1.82, 2.24) is 4.90 Å². The molecule has 9 heteroatoms. The zero-order valence-corrected chi connectivity index (χ0v) is 18.4. The molecule has 2 aromatic rings. The van der Waals surface area contributed by atoms with Crippen LogP contribution in [0.15, 0.2) is 51.8 Å². The van der Waals surface area contributed by atoms with Gasteiger partial charge >= 0.3 is 0 Å². The van der Waals surface area contributed by atoms with Gasteiger partial charge in [0.15, 0.2) is 18.1 Å². The monoisotopic (exact) mass is 488 g/mol. The normalized spacial score (nSPS) is 14.7. The van der Waals surface area contributed by atoms with Crippen LogP contribution in [0.1, 0.15) is 5.56 Å². The van der Waals surface area contributed by atoms with Gasteiger partial charge in [0.25, 0.3) is 11.1 Å². The molecule has 0 N–H and O–H groups in total. The van der Waals surface area contributed by atoms with Gasteiger partial charge in [-0.1, -0.05) is 28.1 Å². The van der Waals surface area contributed by atoms with E-state index in [1.807, 2.05) is 18.2 Å². The van der Waals surface area contributed by atoms with Crippen LogP contribution in [-0.2, 0) is 4.79 Å². The first kappa shape index (κ1) is 21.7. The molecular weight excluding hydrogens is 472 g/mol. The Morgan fingerprint density at radius 2 is 1.90 bits per heavy atom. The van der Waals surface area contributed by atoms with E-state index in [1.165, 1.54) is 0 Å². The summed E-state index contributed by atoms with van der Waals surface area (Å²) in [6, 6.07) is 14.3. The summed E-state index contributed by atoms with van der Waals surface area (Å²) < 4.78 is 17.1. The molecule has 154 valence electrons. The first-order valence-electron chi connectivity index (χ1n) is 8.84. The highest BCUT2D eigenvalue weighted by molar-refractivity contribution is 9.10. The summed E-state index contributed by atoms with van der Waals surface area (Å²) >= 11 is 4.23. The number of nitrogens with zero attached hydrogens (tertiary/aromatic N) is 2. The van der Waals surface area contributed by atoms with E-state index in [9.17, 15) is 9.59 Å². The van der Waals surface area contributed by atoms with Crippen LogP contribution in [0.3, 0.4) is 0 Å². The Bertz CT molecular complexity index is 1030. The average Bonchev–Trinajstić information content (AvgIpc) is 3.01. The number of benzene rings is 2. The third-order valence-corrected chi connectivity index (χ3v) is 5.47. The standard InChI is InChI=1S/C21H17BrN2O5S/c1-27-17-4-2-3-5-18(17)29-11-9-24-20(25)19(30-21(24)26)13-14-12-15(22)6-7-16(14)28-10-8-23/h2-7,12-13H,9-11H2,1H3/b19-13-. The minimum atomic E-state index is -0.403. The topological polar surface area (TPSA) is 88.9 Å². The molecule has 0 aromatic heterocycles. The summed E-state index contributed by atoms with van der Waals surface area (Å²) in [4.78, 5) is 26.5. The SMILES string of the molecule is COc1ccccc1OCCN1C(=O)S/C(=C\c2cc(Br)ccc2OCC#N)C1=O. The van der Waals surface area contributed by atoms with Crippen LogP contribution in [0.2, 0.25) is 0 Å². The lowest BCUT2D eigenvalue weighted by Crippen LogP contribution is -2.32. The van der Waals surface area contributed by atoms with Crippen molar-refractivity contribution in [3.05, 3.63) is 57.4 Å². The van der Waals surface area contributed by atoms with Crippen molar-refractivity contribution < 1.29 is 23.8 Å². The molecule has 1 heterocycles. The van der Waals surface area contributed by atoms with E-state index in [0.29, 0.717) is 22.8 Å². The lowest BCUT2D eigenvalue weighted by atomic mass is 10.2. The van der Waals surface area contributed by atoms with Crippen molar-refractivity contribution in [2.45, 2.75) is 0 Å². The van der Waals surface area contributed by atoms with Crippen LogP contribution in [-0.4, -0.2) is 42.9 Å². The largest absolute Gasteiger partial charge is 0.493 e. The first-order chi connectivity index (χ1) is 14.5. The summed E-state index contributed by atoms with van der Waals surface area (Å²) in [5, 5.41) is 8.37. The Morgan fingerprint density at radius 1 is 1.13 bits per heavy atom. The summed E-state index contributed by atoms with van der Waals surface area (Å²) in [7, 11) is 1.54. The molecule has 0 aliphatic carbocycles. The van der Waals surface area contributed by atoms with Crippen molar-refractivity contribution in [3.8, 4) is 23.3 Å². The molecule has 1 aliphatic rings. The smallest absolute Gasteiger partial charge is 0.293 e. The van der Waals surface area contributed by atoms with Gasteiger partial charge in [-0.3, -0.25) is 14.5 Å². The number of methoxy groups -OCH3 is 1. The van der Waals surface area contributed by atoms with Crippen LogP contribution < -0.4 is 14.2 Å². The van der Waals surface area contributed by atoms with Gasteiger partial charge in [-0.25, -0.2) is 0 Å².